The topological polar surface area (TPSA) is 83.0 Å². The van der Waals surface area contributed by atoms with Crippen LogP contribution in [0.5, 0.6) is 0 Å². The fraction of sp³-hybridized carbons (Fsp3) is 0.200. The molecule has 12 heteroatoms. The Hall–Kier alpha value is -3.25. The molecule has 4 aromatic rings. The number of thiazole rings is 1. The van der Waals surface area contributed by atoms with E-state index in [4.69, 9.17) is 0 Å². The molecule has 1 aromatic carbocycles. The van der Waals surface area contributed by atoms with Crippen LogP contribution in [0.4, 0.5) is 34.6 Å². The van der Waals surface area contributed by atoms with Crippen LogP contribution in [0.25, 0.3) is 10.2 Å². The molecule has 166 valence electrons. The van der Waals surface area contributed by atoms with Crippen LogP contribution in [0.3, 0.4) is 0 Å². The highest BCUT2D eigenvalue weighted by Gasteiger charge is 2.30. The summed E-state index contributed by atoms with van der Waals surface area (Å²) < 4.78 is 39.4. The van der Waals surface area contributed by atoms with E-state index in [1.165, 1.54) is 23.5 Å². The summed E-state index contributed by atoms with van der Waals surface area (Å²) in [6.45, 7) is 0.683. The van der Waals surface area contributed by atoms with E-state index in [0.717, 1.165) is 33.0 Å². The summed E-state index contributed by atoms with van der Waals surface area (Å²) in [5, 5.41) is 7.28. The van der Waals surface area contributed by atoms with E-state index in [1.807, 2.05) is 23.4 Å². The van der Waals surface area contributed by atoms with Crippen LogP contribution in [-0.2, 0) is 12.6 Å². The Kier molecular flexibility index (Phi) is 6.24. The minimum atomic E-state index is -4.48. The first-order chi connectivity index (χ1) is 15.3. The molecule has 0 spiro atoms. The van der Waals surface area contributed by atoms with Crippen molar-refractivity contribution in [3.8, 4) is 0 Å². The van der Waals surface area contributed by atoms with Gasteiger partial charge in [-0.15, -0.1) is 22.7 Å². The summed E-state index contributed by atoms with van der Waals surface area (Å²) in [4.78, 5) is 27.9. The number of hydrogen-bond donors (Lipinski definition) is 2. The van der Waals surface area contributed by atoms with Crippen LogP contribution < -0.4 is 15.5 Å². The van der Waals surface area contributed by atoms with Gasteiger partial charge in [-0.05, 0) is 29.6 Å². The number of hydrogen-bond acceptors (Lipinski definition) is 7. The van der Waals surface area contributed by atoms with Gasteiger partial charge < -0.3 is 10.2 Å². The lowest BCUT2D eigenvalue weighted by Crippen LogP contribution is -2.21. The van der Waals surface area contributed by atoms with Crippen molar-refractivity contribution in [1.29, 1.82) is 0 Å². The minimum Gasteiger partial charge on any atom is -0.358 e. The lowest BCUT2D eigenvalue weighted by atomic mass is 10.2. The number of nitrogens with one attached hydrogen (secondary N) is 2. The molecule has 0 saturated heterocycles. The number of benzene rings is 1. The number of carbonyl (C=O) groups excluding carboxylic acids is 1. The van der Waals surface area contributed by atoms with E-state index in [2.05, 4.69) is 25.6 Å². The maximum absolute atomic E-state index is 12.8. The zero-order valence-electron chi connectivity index (χ0n) is 16.7. The van der Waals surface area contributed by atoms with Crippen molar-refractivity contribution in [2.24, 2.45) is 0 Å². The van der Waals surface area contributed by atoms with Gasteiger partial charge in [0.15, 0.2) is 5.13 Å². The van der Waals surface area contributed by atoms with Crippen LogP contribution in [0, 0.1) is 0 Å². The first kappa shape index (κ1) is 22.0. The third-order valence-corrected chi connectivity index (χ3v) is 6.37. The lowest BCUT2D eigenvalue weighted by molar-refractivity contribution is -0.137. The summed E-state index contributed by atoms with van der Waals surface area (Å²) in [6.07, 6.45) is -0.591. The van der Waals surface area contributed by atoms with Gasteiger partial charge in [0, 0.05) is 36.8 Å². The molecular formula is C20H17F3N6OS2. The number of amides is 2. The number of nitrogens with zero attached hydrogens (tertiary/aromatic N) is 4. The Morgan fingerprint density at radius 1 is 1.16 bits per heavy atom. The van der Waals surface area contributed by atoms with E-state index in [1.54, 1.807) is 23.9 Å². The molecular weight excluding hydrogens is 461 g/mol. The van der Waals surface area contributed by atoms with Gasteiger partial charge in [0.2, 0.25) is 0 Å². The molecule has 3 aromatic heterocycles. The monoisotopic (exact) mass is 478 g/mol. The Morgan fingerprint density at radius 2 is 2.00 bits per heavy atom. The van der Waals surface area contributed by atoms with Crippen LogP contribution in [0.1, 0.15) is 10.4 Å². The van der Waals surface area contributed by atoms with E-state index >= 15 is 0 Å². The number of aromatic nitrogens is 3. The largest absolute Gasteiger partial charge is 0.416 e. The second kappa shape index (κ2) is 9.09. The van der Waals surface area contributed by atoms with Gasteiger partial charge in [0.05, 0.1) is 15.8 Å². The fourth-order valence-electron chi connectivity index (χ4n) is 2.95. The van der Waals surface area contributed by atoms with Gasteiger partial charge in [0.1, 0.15) is 12.1 Å². The van der Waals surface area contributed by atoms with Crippen LogP contribution >= 0.6 is 22.7 Å². The average molecular weight is 479 g/mol. The SMILES string of the molecule is CN(CCc1cnc(NC(=O)Nc2cccc(C(F)(F)F)c2)s1)c1ncnc2ccsc12. The molecule has 0 atom stereocenters. The number of likely N-dealkylation sites (N-methyl/N-ethyl adjacent to an activating group) is 1. The van der Waals surface area contributed by atoms with Gasteiger partial charge in [-0.25, -0.2) is 19.7 Å². The molecule has 0 aliphatic rings. The molecule has 0 fully saturated rings. The molecule has 0 radical (unpaired) electrons. The molecule has 4 rings (SSSR count). The molecule has 32 heavy (non-hydrogen) atoms. The Labute approximate surface area is 189 Å². The van der Waals surface area contributed by atoms with Crippen molar-refractivity contribution in [3.05, 3.63) is 58.7 Å². The normalized spacial score (nSPS) is 11.5. The summed E-state index contributed by atoms with van der Waals surface area (Å²) in [7, 11) is 1.95. The number of urea groups is 1. The molecule has 0 bridgehead atoms. The van der Waals surface area contributed by atoms with Crippen molar-refractivity contribution in [1.82, 2.24) is 15.0 Å². The molecule has 3 heterocycles. The summed E-state index contributed by atoms with van der Waals surface area (Å²) >= 11 is 2.89. The highest BCUT2D eigenvalue weighted by molar-refractivity contribution is 7.17. The number of fused-ring (bicyclic) bond motifs is 1. The van der Waals surface area contributed by atoms with Gasteiger partial charge >= 0.3 is 12.2 Å². The lowest BCUT2D eigenvalue weighted by Gasteiger charge is -2.17. The second-order valence-corrected chi connectivity index (χ2v) is 8.82. The van der Waals surface area contributed by atoms with Crippen molar-refractivity contribution in [2.45, 2.75) is 12.6 Å². The Morgan fingerprint density at radius 3 is 2.81 bits per heavy atom. The summed E-state index contributed by atoms with van der Waals surface area (Å²) in [6, 6.07) is 5.72. The van der Waals surface area contributed by atoms with Gasteiger partial charge in [0.25, 0.3) is 0 Å². The zero-order chi connectivity index (χ0) is 22.7. The average Bonchev–Trinajstić information content (AvgIpc) is 3.40. The minimum absolute atomic E-state index is 0.0421. The predicted octanol–water partition coefficient (Wildman–Crippen LogP) is 5.49. The highest BCUT2D eigenvalue weighted by Crippen LogP contribution is 2.31. The Balaban J connectivity index is 1.33. The smallest absolute Gasteiger partial charge is 0.358 e. The Bertz CT molecular complexity index is 1240. The predicted molar refractivity (Wildman–Crippen MR) is 121 cm³/mol. The van der Waals surface area contributed by atoms with Gasteiger partial charge in [-0.3, -0.25) is 5.32 Å². The summed E-state index contributed by atoms with van der Waals surface area (Å²) in [5.74, 6) is 0.855. The van der Waals surface area contributed by atoms with E-state index < -0.39 is 17.8 Å². The van der Waals surface area contributed by atoms with Crippen LogP contribution in [0.2, 0.25) is 0 Å². The van der Waals surface area contributed by atoms with Crippen molar-refractivity contribution in [3.63, 3.8) is 0 Å². The van der Waals surface area contributed by atoms with Crippen molar-refractivity contribution in [2.75, 3.05) is 29.1 Å². The van der Waals surface area contributed by atoms with Crippen LogP contribution in [-0.4, -0.2) is 34.6 Å². The quantitative estimate of drug-likeness (QED) is 0.383. The second-order valence-electron chi connectivity index (χ2n) is 6.79. The van der Waals surface area contributed by atoms with Crippen molar-refractivity contribution < 1.29 is 18.0 Å². The standard InChI is InChI=1S/C20H17F3N6OS2/c1-29(17-16-15(6-8-31-16)25-11-26-17)7-5-14-10-24-19(32-14)28-18(30)27-13-4-2-3-12(9-13)20(21,22)23/h2-4,6,8-11H,5,7H2,1H3,(H2,24,27,28,30). The van der Waals surface area contributed by atoms with Crippen molar-refractivity contribution >= 4 is 55.6 Å². The highest BCUT2D eigenvalue weighted by atomic mass is 32.1. The maximum atomic E-state index is 12.8. The summed E-state index contributed by atoms with van der Waals surface area (Å²) in [5.41, 5.74) is 0.114. The molecule has 0 unspecified atom stereocenters. The maximum Gasteiger partial charge on any atom is 0.416 e. The third-order valence-electron chi connectivity index (χ3n) is 4.50. The van der Waals surface area contributed by atoms with E-state index in [-0.39, 0.29) is 5.69 Å². The molecule has 2 amide bonds. The number of carbonyl (C=O) groups is 1. The van der Waals surface area contributed by atoms with E-state index in [9.17, 15) is 18.0 Å². The first-order valence-corrected chi connectivity index (χ1v) is 11.1. The first-order valence-electron chi connectivity index (χ1n) is 9.39. The van der Waals surface area contributed by atoms with Gasteiger partial charge in [-0.1, -0.05) is 6.07 Å². The molecule has 2 N–H and O–H groups in total. The number of thiophene rings is 1. The molecule has 0 aliphatic heterocycles. The van der Waals surface area contributed by atoms with E-state index in [0.29, 0.717) is 18.1 Å². The number of halogens is 3. The van der Waals surface area contributed by atoms with Gasteiger partial charge in [-0.2, -0.15) is 13.2 Å². The fourth-order valence-corrected chi connectivity index (χ4v) is 4.63. The number of alkyl halides is 3. The zero-order valence-corrected chi connectivity index (χ0v) is 18.3. The number of anilines is 3. The molecule has 0 saturated carbocycles. The number of rotatable bonds is 6. The molecule has 7 nitrogen and oxygen atoms in total. The third kappa shape index (κ3) is 5.14. The molecule has 0 aliphatic carbocycles. The van der Waals surface area contributed by atoms with Crippen LogP contribution in [0.15, 0.2) is 48.2 Å².